The van der Waals surface area contributed by atoms with Crippen LogP contribution >= 0.6 is 0 Å². The first-order chi connectivity index (χ1) is 12.9. The molecule has 1 saturated heterocycles. The minimum Gasteiger partial charge on any atom is -0.507 e. The van der Waals surface area contributed by atoms with Gasteiger partial charge in [-0.15, -0.1) is 0 Å². The van der Waals surface area contributed by atoms with E-state index in [9.17, 15) is 14.7 Å². The van der Waals surface area contributed by atoms with E-state index < -0.39 is 17.7 Å². The Morgan fingerprint density at radius 3 is 2.52 bits per heavy atom. The fourth-order valence-electron chi connectivity index (χ4n) is 3.23. The molecule has 2 aromatic rings. The maximum Gasteiger partial charge on any atom is 0.295 e. The fraction of sp³-hybridized carbons (Fsp3) is 0.350. The standard InChI is InChI=1S/C20H23N3O4/c1-13-5-6-15(27-13)17-16(18(24)14-7-9-21-10-8-14)19(25)20(26)23(17)12-4-11-22(2)3/h5-10,17,24H,4,11-12H2,1-3H3/b18-16+/t17-/m0/s1. The third kappa shape index (κ3) is 3.78. The third-order valence-corrected chi connectivity index (χ3v) is 4.53. The van der Waals surface area contributed by atoms with Gasteiger partial charge in [0.2, 0.25) is 0 Å². The van der Waals surface area contributed by atoms with Crippen molar-refractivity contribution in [2.24, 2.45) is 0 Å². The van der Waals surface area contributed by atoms with Gasteiger partial charge in [0.05, 0.1) is 5.57 Å². The van der Waals surface area contributed by atoms with Gasteiger partial charge in [0.1, 0.15) is 23.3 Å². The Morgan fingerprint density at radius 1 is 1.22 bits per heavy atom. The smallest absolute Gasteiger partial charge is 0.295 e. The van der Waals surface area contributed by atoms with Gasteiger partial charge in [-0.3, -0.25) is 14.6 Å². The largest absolute Gasteiger partial charge is 0.507 e. The van der Waals surface area contributed by atoms with Gasteiger partial charge in [0.15, 0.2) is 0 Å². The first-order valence-corrected chi connectivity index (χ1v) is 8.80. The second-order valence-electron chi connectivity index (χ2n) is 6.83. The minimum atomic E-state index is -0.742. The van der Waals surface area contributed by atoms with Crippen LogP contribution in [0, 0.1) is 6.92 Å². The van der Waals surface area contributed by atoms with Gasteiger partial charge in [-0.05, 0) is 58.3 Å². The van der Waals surface area contributed by atoms with Crippen LogP contribution in [-0.4, -0.2) is 58.8 Å². The van der Waals surface area contributed by atoms with Gasteiger partial charge in [-0.1, -0.05) is 0 Å². The molecule has 1 atom stereocenters. The number of rotatable bonds is 6. The normalized spacial score (nSPS) is 19.3. The second kappa shape index (κ2) is 7.75. The first kappa shape index (κ1) is 18.8. The number of carbonyl (C=O) groups is 2. The predicted molar refractivity (Wildman–Crippen MR) is 99.9 cm³/mol. The number of furan rings is 1. The Balaban J connectivity index is 2.05. The fourth-order valence-corrected chi connectivity index (χ4v) is 3.23. The number of amides is 1. The van der Waals surface area contributed by atoms with Gasteiger partial charge in [-0.2, -0.15) is 0 Å². The lowest BCUT2D eigenvalue weighted by atomic mass is 10.00. The summed E-state index contributed by atoms with van der Waals surface area (Å²) in [5, 5.41) is 10.8. The van der Waals surface area contributed by atoms with E-state index in [1.807, 2.05) is 19.0 Å². The predicted octanol–water partition coefficient (Wildman–Crippen LogP) is 2.36. The van der Waals surface area contributed by atoms with Crippen molar-refractivity contribution in [1.29, 1.82) is 0 Å². The molecule has 1 aliphatic heterocycles. The molecule has 0 spiro atoms. The zero-order chi connectivity index (χ0) is 19.6. The summed E-state index contributed by atoms with van der Waals surface area (Å²) in [6.45, 7) is 2.96. The van der Waals surface area contributed by atoms with Crippen LogP contribution in [-0.2, 0) is 9.59 Å². The van der Waals surface area contributed by atoms with Crippen molar-refractivity contribution >= 4 is 17.4 Å². The zero-order valence-corrected chi connectivity index (χ0v) is 15.7. The number of pyridine rings is 1. The lowest BCUT2D eigenvalue weighted by molar-refractivity contribution is -0.140. The molecule has 3 heterocycles. The summed E-state index contributed by atoms with van der Waals surface area (Å²) in [6.07, 6.45) is 3.74. The van der Waals surface area contributed by atoms with Crippen LogP contribution in [0.4, 0.5) is 0 Å². The SMILES string of the molecule is Cc1ccc([C@H]2/C(=C(\O)c3ccncc3)C(=O)C(=O)N2CCCN(C)C)o1. The summed E-state index contributed by atoms with van der Waals surface area (Å²) in [7, 11) is 3.90. The molecule has 0 radical (unpaired) electrons. The van der Waals surface area contributed by atoms with Crippen molar-refractivity contribution in [3.05, 3.63) is 59.3 Å². The summed E-state index contributed by atoms with van der Waals surface area (Å²) in [5.41, 5.74) is 0.481. The third-order valence-electron chi connectivity index (χ3n) is 4.53. The van der Waals surface area contributed by atoms with Gasteiger partial charge in [0, 0.05) is 24.5 Å². The molecular weight excluding hydrogens is 346 g/mol. The zero-order valence-electron chi connectivity index (χ0n) is 15.7. The highest BCUT2D eigenvalue weighted by atomic mass is 16.3. The molecule has 1 amide bonds. The van der Waals surface area contributed by atoms with Crippen molar-refractivity contribution in [3.8, 4) is 0 Å². The molecule has 2 aromatic heterocycles. The molecule has 7 nitrogen and oxygen atoms in total. The van der Waals surface area contributed by atoms with Crippen molar-refractivity contribution in [3.63, 3.8) is 0 Å². The molecule has 3 rings (SSSR count). The molecular formula is C20H23N3O4. The molecule has 0 aliphatic carbocycles. The van der Waals surface area contributed by atoms with Gasteiger partial charge in [0.25, 0.3) is 11.7 Å². The minimum absolute atomic E-state index is 0.0467. The van der Waals surface area contributed by atoms with Crippen LogP contribution in [0.2, 0.25) is 0 Å². The quantitative estimate of drug-likeness (QED) is 0.478. The van der Waals surface area contributed by atoms with Crippen LogP contribution in [0.5, 0.6) is 0 Å². The van der Waals surface area contributed by atoms with Crippen LogP contribution in [0.1, 0.15) is 29.5 Å². The molecule has 0 bridgehead atoms. The lowest BCUT2D eigenvalue weighted by Crippen LogP contribution is -2.32. The number of hydrogen-bond acceptors (Lipinski definition) is 6. The average Bonchev–Trinajstić information content (AvgIpc) is 3.18. The molecule has 0 unspecified atom stereocenters. The van der Waals surface area contributed by atoms with Crippen LogP contribution in [0.25, 0.3) is 5.76 Å². The summed E-state index contributed by atoms with van der Waals surface area (Å²) < 4.78 is 5.72. The number of aromatic nitrogens is 1. The van der Waals surface area contributed by atoms with E-state index in [1.165, 1.54) is 17.3 Å². The topological polar surface area (TPSA) is 86.9 Å². The Bertz CT molecular complexity index is 870. The van der Waals surface area contributed by atoms with Crippen molar-refractivity contribution in [1.82, 2.24) is 14.8 Å². The summed E-state index contributed by atoms with van der Waals surface area (Å²) in [6, 6.07) is 5.97. The van der Waals surface area contributed by atoms with Gasteiger partial charge < -0.3 is 19.3 Å². The molecule has 1 N–H and O–H groups in total. The maximum absolute atomic E-state index is 12.7. The average molecular weight is 369 g/mol. The summed E-state index contributed by atoms with van der Waals surface area (Å²) in [4.78, 5) is 32.8. The van der Waals surface area contributed by atoms with Crippen molar-refractivity contribution in [2.45, 2.75) is 19.4 Å². The van der Waals surface area contributed by atoms with Crippen molar-refractivity contribution in [2.75, 3.05) is 27.2 Å². The highest BCUT2D eigenvalue weighted by Crippen LogP contribution is 2.39. The van der Waals surface area contributed by atoms with E-state index in [4.69, 9.17) is 4.42 Å². The molecule has 1 aliphatic rings. The number of likely N-dealkylation sites (tertiary alicyclic amines) is 1. The van der Waals surface area contributed by atoms with E-state index in [-0.39, 0.29) is 11.3 Å². The van der Waals surface area contributed by atoms with Crippen LogP contribution in [0.3, 0.4) is 0 Å². The maximum atomic E-state index is 12.7. The second-order valence-corrected chi connectivity index (χ2v) is 6.83. The Morgan fingerprint density at radius 2 is 1.93 bits per heavy atom. The summed E-state index contributed by atoms with van der Waals surface area (Å²) in [5.74, 6) is -0.401. The van der Waals surface area contributed by atoms with Crippen LogP contribution in [0.15, 0.2) is 46.6 Å². The monoisotopic (exact) mass is 369 g/mol. The molecule has 27 heavy (non-hydrogen) atoms. The lowest BCUT2D eigenvalue weighted by Gasteiger charge is -2.24. The Kier molecular flexibility index (Phi) is 5.41. The number of carbonyl (C=O) groups excluding carboxylic acids is 2. The Hall–Kier alpha value is -2.93. The summed E-state index contributed by atoms with van der Waals surface area (Å²) >= 11 is 0. The van der Waals surface area contributed by atoms with E-state index in [0.29, 0.717) is 30.0 Å². The molecule has 1 fully saturated rings. The van der Waals surface area contributed by atoms with E-state index in [2.05, 4.69) is 4.98 Å². The number of ketones is 1. The van der Waals surface area contributed by atoms with Crippen LogP contribution < -0.4 is 0 Å². The van der Waals surface area contributed by atoms with E-state index in [1.54, 1.807) is 31.2 Å². The number of aryl methyl sites for hydroxylation is 1. The number of hydrogen-bond donors (Lipinski definition) is 1. The van der Waals surface area contributed by atoms with E-state index in [0.717, 1.165) is 6.54 Å². The first-order valence-electron chi connectivity index (χ1n) is 8.80. The van der Waals surface area contributed by atoms with Gasteiger partial charge >= 0.3 is 0 Å². The number of nitrogens with zero attached hydrogens (tertiary/aromatic N) is 3. The molecule has 0 saturated carbocycles. The highest BCUT2D eigenvalue weighted by molar-refractivity contribution is 6.46. The number of aliphatic hydroxyl groups is 1. The molecule has 142 valence electrons. The highest BCUT2D eigenvalue weighted by Gasteiger charge is 2.47. The number of aliphatic hydroxyl groups excluding tert-OH is 1. The number of Topliss-reactive ketones (excluding diaryl/α,β-unsaturated/α-hetero) is 1. The van der Waals surface area contributed by atoms with Gasteiger partial charge in [-0.25, -0.2) is 0 Å². The van der Waals surface area contributed by atoms with E-state index >= 15 is 0 Å². The molecule has 0 aromatic carbocycles. The Labute approximate surface area is 157 Å². The van der Waals surface area contributed by atoms with Crippen molar-refractivity contribution < 1.29 is 19.1 Å². The molecule has 7 heteroatoms.